The zero-order valence-electron chi connectivity index (χ0n) is 8.40. The number of amides is 3. The van der Waals surface area contributed by atoms with E-state index in [9.17, 15) is 14.4 Å². The van der Waals surface area contributed by atoms with Crippen LogP contribution in [0.1, 0.15) is 13.8 Å². The molecule has 3 amide bonds. The van der Waals surface area contributed by atoms with E-state index in [0.717, 1.165) is 0 Å². The molecule has 0 spiro atoms. The van der Waals surface area contributed by atoms with E-state index in [1.54, 1.807) is 0 Å². The Bertz CT molecular complexity index is 268. The number of carboxylic acid groups (broad SMARTS) is 1. The predicted octanol–water partition coefficient (Wildman–Crippen LogP) is -1.86. The van der Waals surface area contributed by atoms with E-state index in [2.05, 4.69) is 5.32 Å². The molecule has 0 aromatic rings. The van der Waals surface area contributed by atoms with Crippen LogP contribution < -0.4 is 21.9 Å². The highest BCUT2D eigenvalue weighted by Gasteiger charge is 2.19. The third kappa shape index (κ3) is 4.81. The van der Waals surface area contributed by atoms with Crippen molar-refractivity contribution in [1.82, 2.24) is 16.1 Å². The van der Waals surface area contributed by atoms with Gasteiger partial charge in [-0.2, -0.15) is 0 Å². The van der Waals surface area contributed by atoms with Crippen LogP contribution in [0.5, 0.6) is 0 Å². The van der Waals surface area contributed by atoms with Crippen LogP contribution in [-0.4, -0.2) is 35.1 Å². The van der Waals surface area contributed by atoms with Gasteiger partial charge >= 0.3 is 6.09 Å². The van der Waals surface area contributed by atoms with Crippen molar-refractivity contribution < 1.29 is 19.5 Å². The summed E-state index contributed by atoms with van der Waals surface area (Å²) in [5.41, 5.74) is 1.86. The smallest absolute Gasteiger partial charge is 0.405 e. The van der Waals surface area contributed by atoms with Gasteiger partial charge in [0.25, 0.3) is 5.91 Å². The minimum atomic E-state index is -1.31. The lowest BCUT2D eigenvalue weighted by Gasteiger charge is -2.15. The summed E-state index contributed by atoms with van der Waals surface area (Å²) in [6.07, 6.45) is -1.31. The van der Waals surface area contributed by atoms with Gasteiger partial charge in [0.05, 0.1) is 0 Å². The van der Waals surface area contributed by atoms with Gasteiger partial charge in [0.2, 0.25) is 5.91 Å². The van der Waals surface area contributed by atoms with Gasteiger partial charge < -0.3 is 15.7 Å². The molecule has 15 heavy (non-hydrogen) atoms. The molecule has 2 atom stereocenters. The number of carbonyl (C=O) groups is 3. The van der Waals surface area contributed by atoms with Crippen molar-refractivity contribution in [2.75, 3.05) is 0 Å². The van der Waals surface area contributed by atoms with E-state index in [0.29, 0.717) is 0 Å². The van der Waals surface area contributed by atoms with Gasteiger partial charge in [0.1, 0.15) is 12.1 Å². The minimum absolute atomic E-state index is 0.564. The number of carbonyl (C=O) groups excluding carboxylic acids is 2. The van der Waals surface area contributed by atoms with E-state index in [1.165, 1.54) is 13.8 Å². The zero-order chi connectivity index (χ0) is 12.0. The van der Waals surface area contributed by atoms with Crippen LogP contribution in [0.15, 0.2) is 0 Å². The van der Waals surface area contributed by atoms with Crippen LogP contribution in [0.4, 0.5) is 4.79 Å². The fraction of sp³-hybridized carbons (Fsp3) is 0.571. The standard InChI is InChI=1S/C7H14N4O4/c1-3(10-7(14)15)5(12)9-4(2)6(13)11-8/h3-4,10H,8H2,1-2H3,(H,9,12)(H,11,13)(H,14,15)/t3-,4-/m0/s1. The third-order valence-electron chi connectivity index (χ3n) is 1.63. The predicted molar refractivity (Wildman–Crippen MR) is 50.6 cm³/mol. The van der Waals surface area contributed by atoms with E-state index in [4.69, 9.17) is 10.9 Å². The molecule has 8 heteroatoms. The van der Waals surface area contributed by atoms with Crippen molar-refractivity contribution >= 4 is 17.9 Å². The molecule has 0 saturated carbocycles. The average Bonchev–Trinajstić information content (AvgIpc) is 2.15. The maximum atomic E-state index is 11.3. The van der Waals surface area contributed by atoms with Crippen molar-refractivity contribution in [3.63, 3.8) is 0 Å². The Morgan fingerprint density at radius 1 is 1.07 bits per heavy atom. The van der Waals surface area contributed by atoms with Crippen molar-refractivity contribution in [3.05, 3.63) is 0 Å². The average molecular weight is 218 g/mol. The first-order valence-corrected chi connectivity index (χ1v) is 4.18. The summed E-state index contributed by atoms with van der Waals surface area (Å²) >= 11 is 0. The Kier molecular flexibility index (Phi) is 5.10. The molecule has 8 nitrogen and oxygen atoms in total. The maximum Gasteiger partial charge on any atom is 0.405 e. The van der Waals surface area contributed by atoms with Crippen LogP contribution in [-0.2, 0) is 9.59 Å². The molecular weight excluding hydrogens is 204 g/mol. The highest BCUT2D eigenvalue weighted by Crippen LogP contribution is 1.86. The molecule has 0 aliphatic carbocycles. The Labute approximate surface area is 86.2 Å². The van der Waals surface area contributed by atoms with Gasteiger partial charge in [-0.05, 0) is 13.8 Å². The normalized spacial score (nSPS) is 13.5. The van der Waals surface area contributed by atoms with Gasteiger partial charge in [0.15, 0.2) is 0 Å². The minimum Gasteiger partial charge on any atom is -0.465 e. The third-order valence-corrected chi connectivity index (χ3v) is 1.63. The van der Waals surface area contributed by atoms with Crippen molar-refractivity contribution in [3.8, 4) is 0 Å². The largest absolute Gasteiger partial charge is 0.465 e. The topological polar surface area (TPSA) is 134 Å². The molecule has 0 aliphatic heterocycles. The summed E-state index contributed by atoms with van der Waals surface area (Å²) < 4.78 is 0. The molecule has 0 fully saturated rings. The Hall–Kier alpha value is -1.83. The molecule has 86 valence electrons. The number of hydrogen-bond donors (Lipinski definition) is 5. The van der Waals surface area contributed by atoms with Crippen molar-refractivity contribution in [2.45, 2.75) is 25.9 Å². The van der Waals surface area contributed by atoms with Crippen LogP contribution in [0.3, 0.4) is 0 Å². The number of rotatable bonds is 4. The highest BCUT2D eigenvalue weighted by molar-refractivity contribution is 5.90. The zero-order valence-corrected chi connectivity index (χ0v) is 8.40. The van der Waals surface area contributed by atoms with Gasteiger partial charge in [-0.25, -0.2) is 10.6 Å². The maximum absolute atomic E-state index is 11.3. The van der Waals surface area contributed by atoms with Gasteiger partial charge in [-0.15, -0.1) is 0 Å². The first kappa shape index (κ1) is 13.2. The fourth-order valence-electron chi connectivity index (χ4n) is 0.780. The molecule has 0 heterocycles. The molecule has 0 bridgehead atoms. The van der Waals surface area contributed by atoms with Gasteiger partial charge in [-0.3, -0.25) is 15.0 Å². The molecule has 0 aromatic carbocycles. The molecule has 0 aromatic heterocycles. The van der Waals surface area contributed by atoms with E-state index >= 15 is 0 Å². The number of nitrogens with two attached hydrogens (primary N) is 1. The summed E-state index contributed by atoms with van der Waals surface area (Å²) in [6, 6.07) is -1.75. The Morgan fingerprint density at radius 3 is 1.93 bits per heavy atom. The van der Waals surface area contributed by atoms with E-state index < -0.39 is 30.0 Å². The van der Waals surface area contributed by atoms with Crippen LogP contribution in [0.25, 0.3) is 0 Å². The first-order valence-electron chi connectivity index (χ1n) is 4.18. The quantitative estimate of drug-likeness (QED) is 0.214. The number of nitrogens with one attached hydrogen (secondary N) is 3. The van der Waals surface area contributed by atoms with Crippen LogP contribution >= 0.6 is 0 Å². The summed E-state index contributed by atoms with van der Waals surface area (Å²) in [5.74, 6) is 3.68. The second kappa shape index (κ2) is 5.81. The lowest BCUT2D eigenvalue weighted by Crippen LogP contribution is -2.52. The SMILES string of the molecule is C[C@H](NC(=O)O)C(=O)N[C@@H](C)C(=O)NN. The molecule has 0 saturated heterocycles. The second-order valence-corrected chi connectivity index (χ2v) is 2.91. The molecule has 0 aliphatic rings. The Balaban J connectivity index is 4.12. The van der Waals surface area contributed by atoms with Gasteiger partial charge in [0, 0.05) is 0 Å². The molecule has 0 unspecified atom stereocenters. The van der Waals surface area contributed by atoms with Crippen LogP contribution in [0, 0.1) is 0 Å². The summed E-state index contributed by atoms with van der Waals surface area (Å²) in [4.78, 5) is 32.4. The lowest BCUT2D eigenvalue weighted by atomic mass is 10.2. The summed E-state index contributed by atoms with van der Waals surface area (Å²) in [6.45, 7) is 2.78. The molecular formula is C7H14N4O4. The number of hydrogen-bond acceptors (Lipinski definition) is 4. The summed E-state index contributed by atoms with van der Waals surface area (Å²) in [7, 11) is 0. The van der Waals surface area contributed by atoms with E-state index in [-0.39, 0.29) is 0 Å². The van der Waals surface area contributed by atoms with Gasteiger partial charge in [-0.1, -0.05) is 0 Å². The second-order valence-electron chi connectivity index (χ2n) is 2.91. The van der Waals surface area contributed by atoms with E-state index in [1.807, 2.05) is 10.7 Å². The monoisotopic (exact) mass is 218 g/mol. The summed E-state index contributed by atoms with van der Waals surface area (Å²) in [5, 5.41) is 12.6. The number of hydrazine groups is 1. The lowest BCUT2D eigenvalue weighted by molar-refractivity contribution is -0.129. The first-order chi connectivity index (χ1) is 6.88. The van der Waals surface area contributed by atoms with Crippen molar-refractivity contribution in [1.29, 1.82) is 0 Å². The Morgan fingerprint density at radius 2 is 1.53 bits per heavy atom. The fourth-order valence-corrected chi connectivity index (χ4v) is 0.780. The van der Waals surface area contributed by atoms with Crippen LogP contribution in [0.2, 0.25) is 0 Å². The molecule has 0 radical (unpaired) electrons. The van der Waals surface area contributed by atoms with Crippen molar-refractivity contribution in [2.24, 2.45) is 5.84 Å². The molecule has 0 rings (SSSR count). The molecule has 6 N–H and O–H groups in total. The highest BCUT2D eigenvalue weighted by atomic mass is 16.4.